The van der Waals surface area contributed by atoms with Crippen LogP contribution in [0.1, 0.15) is 30.6 Å². The first-order chi connectivity index (χ1) is 8.90. The SMILES string of the molecule is CCC(C)(C#N)NC(=O)c1ccc(OC(F)F)cc1. The van der Waals surface area contributed by atoms with E-state index in [-0.39, 0.29) is 11.3 Å². The topological polar surface area (TPSA) is 62.1 Å². The van der Waals surface area contributed by atoms with E-state index < -0.39 is 18.1 Å². The molecule has 1 atom stereocenters. The van der Waals surface area contributed by atoms with Gasteiger partial charge in [-0.2, -0.15) is 14.0 Å². The first-order valence-corrected chi connectivity index (χ1v) is 5.69. The molecule has 0 bridgehead atoms. The van der Waals surface area contributed by atoms with Crippen LogP contribution in [0.5, 0.6) is 5.75 Å². The number of nitrogens with one attached hydrogen (secondary N) is 1. The van der Waals surface area contributed by atoms with Crippen molar-refractivity contribution in [1.29, 1.82) is 5.26 Å². The number of carbonyl (C=O) groups is 1. The number of benzene rings is 1. The van der Waals surface area contributed by atoms with Gasteiger partial charge < -0.3 is 10.1 Å². The maximum absolute atomic E-state index is 12.0. The van der Waals surface area contributed by atoms with Gasteiger partial charge in [0.1, 0.15) is 11.3 Å². The van der Waals surface area contributed by atoms with Crippen molar-refractivity contribution in [2.45, 2.75) is 32.4 Å². The molecule has 0 aliphatic carbocycles. The number of rotatable bonds is 5. The molecule has 4 nitrogen and oxygen atoms in total. The largest absolute Gasteiger partial charge is 0.435 e. The molecule has 0 fully saturated rings. The quantitative estimate of drug-likeness (QED) is 0.893. The summed E-state index contributed by atoms with van der Waals surface area (Å²) >= 11 is 0. The van der Waals surface area contributed by atoms with E-state index in [1.807, 2.05) is 6.07 Å². The van der Waals surface area contributed by atoms with Crippen molar-refractivity contribution in [3.8, 4) is 11.8 Å². The van der Waals surface area contributed by atoms with Gasteiger partial charge in [-0.05, 0) is 37.6 Å². The van der Waals surface area contributed by atoms with Gasteiger partial charge in [-0.15, -0.1) is 0 Å². The van der Waals surface area contributed by atoms with E-state index in [0.717, 1.165) is 0 Å². The highest BCUT2D eigenvalue weighted by Gasteiger charge is 2.24. The van der Waals surface area contributed by atoms with Crippen LogP contribution in [0.4, 0.5) is 8.78 Å². The first-order valence-electron chi connectivity index (χ1n) is 5.69. The van der Waals surface area contributed by atoms with Gasteiger partial charge >= 0.3 is 6.61 Å². The van der Waals surface area contributed by atoms with Gasteiger partial charge in [-0.3, -0.25) is 4.79 Å². The molecule has 0 aliphatic heterocycles. The van der Waals surface area contributed by atoms with Crippen molar-refractivity contribution in [3.05, 3.63) is 29.8 Å². The molecule has 1 amide bonds. The van der Waals surface area contributed by atoms with Crippen LogP contribution in [0, 0.1) is 11.3 Å². The Morgan fingerprint density at radius 2 is 2.05 bits per heavy atom. The minimum atomic E-state index is -2.90. The predicted molar refractivity (Wildman–Crippen MR) is 64.8 cm³/mol. The molecule has 1 aromatic rings. The fourth-order valence-electron chi connectivity index (χ4n) is 1.31. The molecule has 0 heterocycles. The van der Waals surface area contributed by atoms with Crippen molar-refractivity contribution in [2.24, 2.45) is 0 Å². The van der Waals surface area contributed by atoms with Gasteiger partial charge in [-0.1, -0.05) is 6.92 Å². The van der Waals surface area contributed by atoms with Crippen LogP contribution in [0.2, 0.25) is 0 Å². The summed E-state index contributed by atoms with van der Waals surface area (Å²) in [5.74, 6) is -0.459. The molecule has 0 radical (unpaired) electrons. The molecule has 1 N–H and O–H groups in total. The molecule has 1 unspecified atom stereocenters. The fourth-order valence-corrected chi connectivity index (χ4v) is 1.31. The van der Waals surface area contributed by atoms with Crippen LogP contribution in [-0.4, -0.2) is 18.1 Å². The van der Waals surface area contributed by atoms with Crippen molar-refractivity contribution in [1.82, 2.24) is 5.32 Å². The van der Waals surface area contributed by atoms with E-state index in [0.29, 0.717) is 6.42 Å². The zero-order valence-electron chi connectivity index (χ0n) is 10.6. The zero-order valence-corrected chi connectivity index (χ0v) is 10.6. The summed E-state index contributed by atoms with van der Waals surface area (Å²) < 4.78 is 28.1. The Bertz CT molecular complexity index is 482. The smallest absolute Gasteiger partial charge is 0.387 e. The summed E-state index contributed by atoms with van der Waals surface area (Å²) in [7, 11) is 0. The lowest BCUT2D eigenvalue weighted by Crippen LogP contribution is -2.44. The molecule has 1 rings (SSSR count). The Hall–Kier alpha value is -2.16. The van der Waals surface area contributed by atoms with Crippen LogP contribution in [0.3, 0.4) is 0 Å². The Morgan fingerprint density at radius 3 is 2.47 bits per heavy atom. The summed E-state index contributed by atoms with van der Waals surface area (Å²) in [4.78, 5) is 11.9. The van der Waals surface area contributed by atoms with Crippen LogP contribution in [0.25, 0.3) is 0 Å². The number of alkyl halides is 2. The van der Waals surface area contributed by atoms with Crippen LogP contribution in [-0.2, 0) is 0 Å². The molecule has 0 saturated carbocycles. The average Bonchev–Trinajstić information content (AvgIpc) is 2.38. The van der Waals surface area contributed by atoms with Gasteiger partial charge in [0, 0.05) is 5.56 Å². The highest BCUT2D eigenvalue weighted by Crippen LogP contribution is 2.16. The van der Waals surface area contributed by atoms with E-state index >= 15 is 0 Å². The summed E-state index contributed by atoms with van der Waals surface area (Å²) in [6.07, 6.45) is 0.460. The van der Waals surface area contributed by atoms with Crippen molar-refractivity contribution >= 4 is 5.91 Å². The third kappa shape index (κ3) is 4.21. The third-order valence-corrected chi connectivity index (χ3v) is 2.68. The molecular weight excluding hydrogens is 254 g/mol. The van der Waals surface area contributed by atoms with E-state index in [9.17, 15) is 13.6 Å². The molecule has 0 aliphatic rings. The van der Waals surface area contributed by atoms with Crippen LogP contribution in [0.15, 0.2) is 24.3 Å². The summed E-state index contributed by atoms with van der Waals surface area (Å²) in [6.45, 7) is 0.490. The molecule has 0 saturated heterocycles. The Morgan fingerprint density at radius 1 is 1.47 bits per heavy atom. The molecule has 102 valence electrons. The van der Waals surface area contributed by atoms with Gasteiger partial charge in [0.2, 0.25) is 0 Å². The number of carbonyl (C=O) groups excluding carboxylic acids is 1. The minimum Gasteiger partial charge on any atom is -0.435 e. The Labute approximate surface area is 110 Å². The summed E-state index contributed by atoms with van der Waals surface area (Å²) in [5.41, 5.74) is -0.675. The summed E-state index contributed by atoms with van der Waals surface area (Å²) in [5, 5.41) is 11.5. The maximum Gasteiger partial charge on any atom is 0.387 e. The lowest BCUT2D eigenvalue weighted by atomic mass is 10.0. The number of hydrogen-bond donors (Lipinski definition) is 1. The maximum atomic E-state index is 12.0. The van der Waals surface area contributed by atoms with Gasteiger partial charge in [0.25, 0.3) is 5.91 Å². The zero-order chi connectivity index (χ0) is 14.5. The Balaban J connectivity index is 2.76. The first kappa shape index (κ1) is 14.9. The fraction of sp³-hybridized carbons (Fsp3) is 0.385. The number of nitriles is 1. The van der Waals surface area contributed by atoms with E-state index in [4.69, 9.17) is 5.26 Å². The monoisotopic (exact) mass is 268 g/mol. The average molecular weight is 268 g/mol. The minimum absolute atomic E-state index is 0.0231. The number of amides is 1. The van der Waals surface area contributed by atoms with Gasteiger partial charge in [-0.25, -0.2) is 0 Å². The van der Waals surface area contributed by atoms with E-state index in [1.165, 1.54) is 24.3 Å². The lowest BCUT2D eigenvalue weighted by Gasteiger charge is -2.21. The van der Waals surface area contributed by atoms with Crippen molar-refractivity contribution in [2.75, 3.05) is 0 Å². The molecule has 1 aromatic carbocycles. The number of hydrogen-bond acceptors (Lipinski definition) is 3. The Kier molecular flexibility index (Phi) is 4.81. The van der Waals surface area contributed by atoms with Crippen LogP contribution >= 0.6 is 0 Å². The van der Waals surface area contributed by atoms with Crippen molar-refractivity contribution < 1.29 is 18.3 Å². The molecular formula is C13H14F2N2O2. The third-order valence-electron chi connectivity index (χ3n) is 2.68. The highest BCUT2D eigenvalue weighted by atomic mass is 19.3. The summed E-state index contributed by atoms with van der Waals surface area (Å²) in [6, 6.07) is 7.28. The normalized spacial score (nSPS) is 13.5. The van der Waals surface area contributed by atoms with Crippen LogP contribution < -0.4 is 10.1 Å². The van der Waals surface area contributed by atoms with Crippen molar-refractivity contribution in [3.63, 3.8) is 0 Å². The second-order valence-corrected chi connectivity index (χ2v) is 4.15. The number of halogens is 2. The van der Waals surface area contributed by atoms with Gasteiger partial charge in [0.05, 0.1) is 6.07 Å². The second kappa shape index (κ2) is 6.14. The van der Waals surface area contributed by atoms with E-state index in [1.54, 1.807) is 13.8 Å². The predicted octanol–water partition coefficient (Wildman–Crippen LogP) is 2.71. The standard InChI is InChI=1S/C13H14F2N2O2/c1-3-13(2,8-16)17-11(18)9-4-6-10(7-5-9)19-12(14)15/h4-7,12H,3H2,1-2H3,(H,17,18). The number of ether oxygens (including phenoxy) is 1. The molecule has 0 spiro atoms. The molecule has 0 aromatic heterocycles. The highest BCUT2D eigenvalue weighted by molar-refractivity contribution is 5.95. The van der Waals surface area contributed by atoms with Gasteiger partial charge in [0.15, 0.2) is 0 Å². The molecule has 6 heteroatoms. The number of nitrogens with zero attached hydrogens (tertiary/aromatic N) is 1. The lowest BCUT2D eigenvalue weighted by molar-refractivity contribution is -0.0498. The second-order valence-electron chi connectivity index (χ2n) is 4.15. The molecule has 19 heavy (non-hydrogen) atoms. The van der Waals surface area contributed by atoms with E-state index in [2.05, 4.69) is 10.1 Å².